The summed E-state index contributed by atoms with van der Waals surface area (Å²) >= 11 is 12.6. The van der Waals surface area contributed by atoms with Gasteiger partial charge in [0.05, 0.1) is 29.4 Å². The van der Waals surface area contributed by atoms with Crippen LogP contribution in [0.2, 0.25) is 5.02 Å². The summed E-state index contributed by atoms with van der Waals surface area (Å²) in [6.07, 6.45) is 1.82. The Bertz CT molecular complexity index is 1460. The molecule has 5 rings (SSSR count). The third kappa shape index (κ3) is 4.89. The number of benzene rings is 2. The number of hydrogen-bond donors (Lipinski definition) is 1. The summed E-state index contributed by atoms with van der Waals surface area (Å²) < 4.78 is 13.2. The van der Waals surface area contributed by atoms with E-state index in [-0.39, 0.29) is 12.1 Å². The lowest BCUT2D eigenvalue weighted by molar-refractivity contribution is 0.146. The van der Waals surface area contributed by atoms with Crippen LogP contribution in [0.1, 0.15) is 40.3 Å². The van der Waals surface area contributed by atoms with Crippen molar-refractivity contribution in [3.05, 3.63) is 106 Å². The quantitative estimate of drug-likeness (QED) is 0.197. The second kappa shape index (κ2) is 11.2. The number of nitrogens with zero attached hydrogens (tertiary/aromatic N) is 3. The third-order valence-corrected chi connectivity index (χ3v) is 7.59. The molecule has 0 radical (unpaired) electrons. The topological polar surface area (TPSA) is 51.6 Å². The summed E-state index contributed by atoms with van der Waals surface area (Å²) in [4.78, 5) is 6.83. The molecule has 2 aromatic carbocycles. The van der Waals surface area contributed by atoms with E-state index >= 15 is 0 Å². The summed E-state index contributed by atoms with van der Waals surface area (Å²) in [6, 6.07) is 22.2. The summed E-state index contributed by atoms with van der Waals surface area (Å²) in [6.45, 7) is 7.37. The number of methoxy groups -OCH3 is 1. The van der Waals surface area contributed by atoms with Gasteiger partial charge in [-0.25, -0.2) is 0 Å². The zero-order chi connectivity index (χ0) is 26.8. The number of hydrogen-bond acceptors (Lipinski definition) is 4. The Morgan fingerprint density at radius 3 is 2.50 bits per heavy atom. The molecular weight excluding hydrogens is 516 g/mol. The minimum Gasteiger partial charge on any atom is -0.490 e. The molecule has 0 aliphatic carbocycles. The lowest BCUT2D eigenvalue weighted by atomic mass is 9.96. The Balaban J connectivity index is 1.61. The molecule has 0 bridgehead atoms. The van der Waals surface area contributed by atoms with Crippen LogP contribution in [0.15, 0.2) is 72.9 Å². The number of ether oxygens (including phenoxy) is 2. The molecule has 3 heterocycles. The van der Waals surface area contributed by atoms with E-state index in [1.54, 1.807) is 7.11 Å². The van der Waals surface area contributed by atoms with Gasteiger partial charge in [-0.1, -0.05) is 35.9 Å². The van der Waals surface area contributed by atoms with Gasteiger partial charge < -0.3 is 24.3 Å². The molecule has 0 unspecified atom stereocenters. The first-order valence-electron chi connectivity index (χ1n) is 12.6. The molecule has 1 aliphatic heterocycles. The molecule has 4 aromatic rings. The third-order valence-electron chi connectivity index (χ3n) is 6.98. The highest BCUT2D eigenvalue weighted by Crippen LogP contribution is 2.45. The minimum atomic E-state index is -0.147. The largest absolute Gasteiger partial charge is 0.490 e. The summed E-state index contributed by atoms with van der Waals surface area (Å²) in [5.41, 5.74) is 7.68. The molecule has 1 N–H and O–H groups in total. The Kier molecular flexibility index (Phi) is 7.70. The van der Waals surface area contributed by atoms with Gasteiger partial charge in [0.15, 0.2) is 5.11 Å². The Hall–Kier alpha value is -3.39. The van der Waals surface area contributed by atoms with E-state index in [2.05, 4.69) is 65.9 Å². The SMILES string of the molecule is COCCOc1ccc(N2C(=S)N[C@@H](c3ccccn3)[C@@H]2c2cc(C)n(-c3ccccc3C)c2C)cc1Cl. The van der Waals surface area contributed by atoms with Crippen molar-refractivity contribution in [3.63, 3.8) is 0 Å². The minimum absolute atomic E-state index is 0.141. The van der Waals surface area contributed by atoms with Gasteiger partial charge >= 0.3 is 0 Å². The van der Waals surface area contributed by atoms with Crippen LogP contribution in [0.4, 0.5) is 5.69 Å². The predicted molar refractivity (Wildman–Crippen MR) is 157 cm³/mol. The van der Waals surface area contributed by atoms with Crippen molar-refractivity contribution in [3.8, 4) is 11.4 Å². The van der Waals surface area contributed by atoms with E-state index in [9.17, 15) is 0 Å². The maximum absolute atomic E-state index is 6.67. The van der Waals surface area contributed by atoms with Crippen molar-refractivity contribution in [2.45, 2.75) is 32.9 Å². The van der Waals surface area contributed by atoms with Crippen molar-refractivity contribution >= 4 is 34.6 Å². The molecule has 0 spiro atoms. The van der Waals surface area contributed by atoms with Crippen molar-refractivity contribution in [2.75, 3.05) is 25.2 Å². The number of halogens is 1. The van der Waals surface area contributed by atoms with E-state index in [1.807, 2.05) is 42.6 Å². The normalized spacial score (nSPS) is 17.1. The molecule has 1 aliphatic rings. The van der Waals surface area contributed by atoms with E-state index in [1.165, 1.54) is 16.8 Å². The first-order valence-corrected chi connectivity index (χ1v) is 13.4. The monoisotopic (exact) mass is 546 g/mol. The fraction of sp³-hybridized carbons (Fsp3) is 0.267. The first kappa shape index (κ1) is 26.2. The summed E-state index contributed by atoms with van der Waals surface area (Å²) in [5.74, 6) is 0.612. The molecule has 6 nitrogen and oxygen atoms in total. The Morgan fingerprint density at radius 1 is 1.00 bits per heavy atom. The van der Waals surface area contributed by atoms with Crippen LogP contribution in [-0.4, -0.2) is 35.0 Å². The van der Waals surface area contributed by atoms with Crippen LogP contribution in [0.5, 0.6) is 5.75 Å². The molecule has 1 fully saturated rings. The van der Waals surface area contributed by atoms with Crippen molar-refractivity contribution in [1.82, 2.24) is 14.9 Å². The second-order valence-electron chi connectivity index (χ2n) is 9.40. The van der Waals surface area contributed by atoms with E-state index in [0.717, 1.165) is 22.8 Å². The fourth-order valence-electron chi connectivity index (χ4n) is 5.21. The molecule has 0 amide bonds. The van der Waals surface area contributed by atoms with Gasteiger partial charge in [0.2, 0.25) is 0 Å². The first-order chi connectivity index (χ1) is 18.4. The highest BCUT2D eigenvalue weighted by atomic mass is 35.5. The number of para-hydroxylation sites is 1. The number of thiocarbonyl (C=S) groups is 1. The number of pyridine rings is 1. The van der Waals surface area contributed by atoms with Gasteiger partial charge in [0, 0.05) is 36.1 Å². The average Bonchev–Trinajstić information content (AvgIpc) is 3.41. The number of nitrogens with one attached hydrogen (secondary N) is 1. The van der Waals surface area contributed by atoms with Gasteiger partial charge in [-0.05, 0) is 86.6 Å². The lowest BCUT2D eigenvalue weighted by Crippen LogP contribution is -2.29. The van der Waals surface area contributed by atoms with E-state index in [4.69, 9.17) is 38.3 Å². The van der Waals surface area contributed by atoms with Crippen LogP contribution in [0, 0.1) is 20.8 Å². The standard InChI is InChI=1S/C30H31ClN4O2S/c1-19-9-5-6-11-26(19)34-20(2)17-23(21(34)3)29-28(25-10-7-8-14-32-25)33-30(38)35(29)22-12-13-27(24(31)18-22)37-16-15-36-4/h5-14,17-18,28-29H,15-16H2,1-4H3,(H,33,38)/t28-,29-/m0/s1. The molecule has 2 atom stereocenters. The van der Waals surface area contributed by atoms with Gasteiger partial charge in [-0.2, -0.15) is 0 Å². The van der Waals surface area contributed by atoms with Crippen LogP contribution < -0.4 is 15.0 Å². The molecule has 38 heavy (non-hydrogen) atoms. The van der Waals surface area contributed by atoms with Gasteiger partial charge in [0.1, 0.15) is 12.4 Å². The molecule has 8 heteroatoms. The average molecular weight is 547 g/mol. The molecule has 196 valence electrons. The number of aromatic nitrogens is 2. The van der Waals surface area contributed by atoms with Crippen LogP contribution in [-0.2, 0) is 4.74 Å². The highest BCUT2D eigenvalue weighted by molar-refractivity contribution is 7.80. The Labute approximate surface area is 234 Å². The maximum atomic E-state index is 6.67. The van der Waals surface area contributed by atoms with Crippen molar-refractivity contribution in [1.29, 1.82) is 0 Å². The number of anilines is 1. The molecular formula is C30H31ClN4O2S. The second-order valence-corrected chi connectivity index (χ2v) is 10.2. The van der Waals surface area contributed by atoms with E-state index < -0.39 is 0 Å². The van der Waals surface area contributed by atoms with Gasteiger partial charge in [-0.3, -0.25) is 4.98 Å². The number of rotatable bonds is 8. The summed E-state index contributed by atoms with van der Waals surface area (Å²) in [7, 11) is 1.64. The zero-order valence-electron chi connectivity index (χ0n) is 21.9. The molecule has 0 saturated carbocycles. The molecule has 1 saturated heterocycles. The van der Waals surface area contributed by atoms with Crippen LogP contribution in [0.3, 0.4) is 0 Å². The van der Waals surface area contributed by atoms with Crippen molar-refractivity contribution < 1.29 is 9.47 Å². The zero-order valence-corrected chi connectivity index (χ0v) is 23.5. The highest BCUT2D eigenvalue weighted by Gasteiger charge is 2.42. The predicted octanol–water partition coefficient (Wildman–Crippen LogP) is 6.65. The summed E-state index contributed by atoms with van der Waals surface area (Å²) in [5, 5.41) is 4.69. The smallest absolute Gasteiger partial charge is 0.174 e. The van der Waals surface area contributed by atoms with E-state index in [0.29, 0.717) is 29.1 Å². The number of aryl methyl sites for hydroxylation is 2. The fourth-order valence-corrected chi connectivity index (χ4v) is 5.79. The molecule has 2 aromatic heterocycles. The van der Waals surface area contributed by atoms with Gasteiger partial charge in [-0.15, -0.1) is 0 Å². The van der Waals surface area contributed by atoms with Crippen molar-refractivity contribution in [2.24, 2.45) is 0 Å². The Morgan fingerprint density at radius 2 is 1.79 bits per heavy atom. The maximum Gasteiger partial charge on any atom is 0.174 e. The van der Waals surface area contributed by atoms with Gasteiger partial charge in [0.25, 0.3) is 0 Å². The van der Waals surface area contributed by atoms with Crippen LogP contribution in [0.25, 0.3) is 5.69 Å². The lowest BCUT2D eigenvalue weighted by Gasteiger charge is -2.28. The van der Waals surface area contributed by atoms with Crippen LogP contribution >= 0.6 is 23.8 Å².